The molecule has 0 N–H and O–H groups in total. The van der Waals surface area contributed by atoms with Gasteiger partial charge in [-0.05, 0) is 19.3 Å². The van der Waals surface area contributed by atoms with Gasteiger partial charge in [-0.1, -0.05) is 6.08 Å². The summed E-state index contributed by atoms with van der Waals surface area (Å²) in [4.78, 5) is 33.3. The highest BCUT2D eigenvalue weighted by Crippen LogP contribution is 2.30. The maximum atomic E-state index is 11.7. The summed E-state index contributed by atoms with van der Waals surface area (Å²) in [6.45, 7) is 0. The van der Waals surface area contributed by atoms with Crippen LogP contribution in [0.25, 0.3) is 0 Å². The van der Waals surface area contributed by atoms with Gasteiger partial charge in [0.25, 0.3) is 0 Å². The lowest BCUT2D eigenvalue weighted by molar-refractivity contribution is -0.220. The normalized spacial score (nSPS) is 25.6. The number of rotatable bonds is 2. The summed E-state index contributed by atoms with van der Waals surface area (Å²) in [7, 11) is 2.76. The first-order chi connectivity index (χ1) is 7.70. The van der Waals surface area contributed by atoms with Crippen molar-refractivity contribution in [3.63, 3.8) is 0 Å². The van der Waals surface area contributed by atoms with Crippen LogP contribution in [0, 0.1) is 0 Å². The van der Waals surface area contributed by atoms with Gasteiger partial charge in [0.2, 0.25) is 0 Å². The fraction of sp³-hybridized carbons (Fsp3) is 0.600. The number of carbonyl (C=O) groups is 2. The molecule has 0 spiro atoms. The maximum absolute atomic E-state index is 11.7. The van der Waals surface area contributed by atoms with E-state index in [9.17, 15) is 9.59 Å². The molecule has 1 atom stereocenters. The van der Waals surface area contributed by atoms with Gasteiger partial charge >= 0.3 is 11.8 Å². The molecular formula is C10H14N2O4. The van der Waals surface area contributed by atoms with Gasteiger partial charge in [-0.25, -0.2) is 5.06 Å². The molecule has 0 aromatic rings. The zero-order valence-corrected chi connectivity index (χ0v) is 9.30. The molecule has 2 rings (SSSR count). The monoisotopic (exact) mass is 226 g/mol. The van der Waals surface area contributed by atoms with E-state index < -0.39 is 11.8 Å². The molecule has 6 nitrogen and oxygen atoms in total. The Morgan fingerprint density at radius 2 is 2.00 bits per heavy atom. The summed E-state index contributed by atoms with van der Waals surface area (Å²) < 4.78 is 0. The highest BCUT2D eigenvalue weighted by atomic mass is 16.7. The first kappa shape index (κ1) is 11.1. The van der Waals surface area contributed by atoms with Crippen LogP contribution in [-0.4, -0.2) is 42.2 Å². The molecule has 1 saturated heterocycles. The van der Waals surface area contributed by atoms with Crippen LogP contribution in [0.1, 0.15) is 19.3 Å². The summed E-state index contributed by atoms with van der Waals surface area (Å²) in [6.07, 6.45) is 4.53. The molecule has 0 radical (unpaired) electrons. The van der Waals surface area contributed by atoms with E-state index in [-0.39, 0.29) is 6.04 Å². The van der Waals surface area contributed by atoms with Crippen LogP contribution in [0.15, 0.2) is 11.8 Å². The molecule has 0 aromatic heterocycles. The number of fused-ring (bicyclic) bond motifs is 1. The van der Waals surface area contributed by atoms with Crippen molar-refractivity contribution < 1.29 is 19.3 Å². The minimum absolute atomic E-state index is 0.219. The average molecular weight is 226 g/mol. The van der Waals surface area contributed by atoms with Crippen molar-refractivity contribution in [3.05, 3.63) is 11.8 Å². The number of carbonyl (C=O) groups excluding carboxylic acids is 2. The topological polar surface area (TPSA) is 59.1 Å². The molecular weight excluding hydrogens is 212 g/mol. The smallest absolute Gasteiger partial charge is 0.273 e. The largest absolute Gasteiger partial charge is 0.342 e. The fourth-order valence-corrected chi connectivity index (χ4v) is 2.14. The Labute approximate surface area is 93.3 Å². The van der Waals surface area contributed by atoms with Gasteiger partial charge in [-0.15, -0.1) is 0 Å². The van der Waals surface area contributed by atoms with E-state index >= 15 is 0 Å². The number of amides is 2. The number of nitrogens with zero attached hydrogens (tertiary/aromatic N) is 2. The van der Waals surface area contributed by atoms with Gasteiger partial charge < -0.3 is 0 Å². The van der Waals surface area contributed by atoms with Crippen molar-refractivity contribution in [2.45, 2.75) is 25.3 Å². The van der Waals surface area contributed by atoms with Crippen molar-refractivity contribution in [2.75, 3.05) is 14.2 Å². The average Bonchev–Trinajstić information content (AvgIpc) is 2.31. The molecule has 0 aromatic carbocycles. The summed E-state index contributed by atoms with van der Waals surface area (Å²) in [5.74, 6) is -1.40. The van der Waals surface area contributed by atoms with E-state index in [0.29, 0.717) is 5.70 Å². The lowest BCUT2D eigenvalue weighted by Crippen LogP contribution is -2.57. The van der Waals surface area contributed by atoms with E-state index in [0.717, 1.165) is 29.4 Å². The van der Waals surface area contributed by atoms with Crippen molar-refractivity contribution in [2.24, 2.45) is 0 Å². The Morgan fingerprint density at radius 3 is 2.62 bits per heavy atom. The molecule has 16 heavy (non-hydrogen) atoms. The molecule has 0 bridgehead atoms. The standard InChI is InChI=1S/C10H14N2O4/c1-15-11-7-5-3-4-6-8(7)12(16-2)10(14)9(11)13/h5,8H,3-4,6H2,1-2H3/t8-/m1/s1. The predicted octanol–water partition coefficient (Wildman–Crippen LogP) is 0.216. The molecule has 0 saturated carbocycles. The second kappa shape index (κ2) is 4.23. The Hall–Kier alpha value is -1.40. The second-order valence-corrected chi connectivity index (χ2v) is 3.67. The molecule has 6 heteroatoms. The Bertz CT molecular complexity index is 353. The van der Waals surface area contributed by atoms with Crippen molar-refractivity contribution in [3.8, 4) is 0 Å². The molecule has 0 unspecified atom stereocenters. The Balaban J connectivity index is 2.38. The highest BCUT2D eigenvalue weighted by Gasteiger charge is 2.44. The van der Waals surface area contributed by atoms with Crippen LogP contribution in [0.5, 0.6) is 0 Å². The third kappa shape index (κ3) is 1.50. The van der Waals surface area contributed by atoms with Crippen LogP contribution in [-0.2, 0) is 19.3 Å². The van der Waals surface area contributed by atoms with Crippen molar-refractivity contribution >= 4 is 11.8 Å². The predicted molar refractivity (Wildman–Crippen MR) is 53.4 cm³/mol. The van der Waals surface area contributed by atoms with Crippen LogP contribution in [0.2, 0.25) is 0 Å². The number of hydroxylamine groups is 4. The molecule has 88 valence electrons. The van der Waals surface area contributed by atoms with E-state index in [1.165, 1.54) is 14.2 Å². The molecule has 1 aliphatic carbocycles. The molecule has 1 heterocycles. The minimum atomic E-state index is -0.714. The first-order valence-corrected chi connectivity index (χ1v) is 5.16. The lowest BCUT2D eigenvalue weighted by atomic mass is 9.96. The number of piperazine rings is 1. The number of allylic oxidation sites excluding steroid dienone is 1. The van der Waals surface area contributed by atoms with E-state index in [1.54, 1.807) is 0 Å². The van der Waals surface area contributed by atoms with Gasteiger partial charge in [-0.3, -0.25) is 19.3 Å². The van der Waals surface area contributed by atoms with Crippen molar-refractivity contribution in [1.82, 2.24) is 10.1 Å². The fourth-order valence-electron chi connectivity index (χ4n) is 2.14. The summed E-state index contributed by atoms with van der Waals surface area (Å²) >= 11 is 0. The zero-order valence-electron chi connectivity index (χ0n) is 9.30. The molecule has 1 fully saturated rings. The van der Waals surface area contributed by atoms with Crippen LogP contribution in [0.3, 0.4) is 0 Å². The van der Waals surface area contributed by atoms with Gasteiger partial charge in [0.05, 0.1) is 19.9 Å². The lowest BCUT2D eigenvalue weighted by Gasteiger charge is -2.40. The Morgan fingerprint density at radius 1 is 1.25 bits per heavy atom. The third-order valence-corrected chi connectivity index (χ3v) is 2.84. The van der Waals surface area contributed by atoms with E-state index in [1.807, 2.05) is 6.08 Å². The van der Waals surface area contributed by atoms with E-state index in [4.69, 9.17) is 9.68 Å². The van der Waals surface area contributed by atoms with Crippen LogP contribution < -0.4 is 0 Å². The maximum Gasteiger partial charge on any atom is 0.342 e. The molecule has 2 amide bonds. The van der Waals surface area contributed by atoms with Crippen LogP contribution in [0.4, 0.5) is 0 Å². The highest BCUT2D eigenvalue weighted by molar-refractivity contribution is 6.35. The van der Waals surface area contributed by atoms with Gasteiger partial charge in [0.1, 0.15) is 6.04 Å². The number of hydrogen-bond donors (Lipinski definition) is 0. The second-order valence-electron chi connectivity index (χ2n) is 3.67. The Kier molecular flexibility index (Phi) is 2.93. The van der Waals surface area contributed by atoms with Gasteiger partial charge in [0, 0.05) is 0 Å². The first-order valence-electron chi connectivity index (χ1n) is 5.16. The number of hydrogen-bond acceptors (Lipinski definition) is 4. The summed E-state index contributed by atoms with van der Waals surface area (Å²) in [6, 6.07) is -0.219. The summed E-state index contributed by atoms with van der Waals surface area (Å²) in [5, 5.41) is 2.19. The van der Waals surface area contributed by atoms with E-state index in [2.05, 4.69) is 0 Å². The third-order valence-electron chi connectivity index (χ3n) is 2.84. The summed E-state index contributed by atoms with van der Waals surface area (Å²) in [5.41, 5.74) is 0.695. The zero-order chi connectivity index (χ0) is 11.7. The van der Waals surface area contributed by atoms with Gasteiger partial charge in [-0.2, -0.15) is 5.06 Å². The van der Waals surface area contributed by atoms with Crippen molar-refractivity contribution in [1.29, 1.82) is 0 Å². The SMILES string of the molecule is CON1C(=O)C(=O)N(OC)[C@@H]2CCCC=C21. The quantitative estimate of drug-likeness (QED) is 0.632. The molecule has 2 aliphatic rings. The minimum Gasteiger partial charge on any atom is -0.273 e. The molecule has 1 aliphatic heterocycles. The van der Waals surface area contributed by atoms with Crippen LogP contribution >= 0.6 is 0 Å². The van der Waals surface area contributed by atoms with Gasteiger partial charge in [0.15, 0.2) is 0 Å².